The first-order chi connectivity index (χ1) is 23.5. The number of hydrogen-bond acceptors (Lipinski definition) is 9. The second-order valence-corrected chi connectivity index (χ2v) is 14.0. The van der Waals surface area contributed by atoms with Crippen LogP contribution in [0.5, 0.6) is 0 Å². The summed E-state index contributed by atoms with van der Waals surface area (Å²) < 4.78 is 36.9. The fourth-order valence-electron chi connectivity index (χ4n) is 5.65. The first kappa shape index (κ1) is 49.6. The summed E-state index contributed by atoms with van der Waals surface area (Å²) >= 11 is 0. The van der Waals surface area contributed by atoms with Gasteiger partial charge in [0.25, 0.3) is 0 Å². The normalized spacial score (nSPS) is 14.4. The van der Waals surface area contributed by atoms with Gasteiger partial charge in [-0.1, -0.05) is 115 Å². The predicted octanol–water partition coefficient (Wildman–Crippen LogP) is 7.78. The van der Waals surface area contributed by atoms with Crippen molar-refractivity contribution in [2.24, 2.45) is 0 Å². The van der Waals surface area contributed by atoms with Gasteiger partial charge in [0.05, 0.1) is 13.2 Å². The molecule has 0 aliphatic heterocycles. The quantitative estimate of drug-likeness (QED) is 0.0150. The van der Waals surface area contributed by atoms with Crippen LogP contribution in [0.2, 0.25) is 0 Å². The highest BCUT2D eigenvalue weighted by Crippen LogP contribution is 2.28. The van der Waals surface area contributed by atoms with Crippen LogP contribution in [0.15, 0.2) is 24.3 Å². The van der Waals surface area contributed by atoms with Crippen LogP contribution in [-0.2, 0) is 29.2 Å². The molecule has 0 bridgehead atoms. The van der Waals surface area contributed by atoms with Crippen molar-refractivity contribution in [3.8, 4) is 0 Å². The van der Waals surface area contributed by atoms with Crippen molar-refractivity contribution in [1.29, 1.82) is 0 Å². The Morgan fingerprint density at radius 2 is 1.06 bits per heavy atom. The van der Waals surface area contributed by atoms with Crippen LogP contribution in [0.25, 0.3) is 0 Å². The molecule has 0 aliphatic rings. The Morgan fingerprint density at radius 1 is 0.694 bits per heavy atom. The predicted molar refractivity (Wildman–Crippen MR) is 196 cm³/mol. The van der Waals surface area contributed by atoms with Crippen molar-refractivity contribution < 1.29 is 47.7 Å². The molecule has 0 aliphatic carbocycles. The molecule has 290 valence electrons. The highest BCUT2D eigenvalue weighted by molar-refractivity contribution is 7.80. The number of ketones is 2. The molecule has 0 amide bonds. The lowest BCUT2D eigenvalue weighted by Crippen LogP contribution is -2.56. The Morgan fingerprint density at radius 3 is 1.45 bits per heavy atom. The van der Waals surface area contributed by atoms with E-state index in [0.717, 1.165) is 84.0 Å². The van der Waals surface area contributed by atoms with Crippen LogP contribution in [0, 0.1) is 0 Å². The van der Waals surface area contributed by atoms with Gasteiger partial charge in [-0.2, -0.15) is 0 Å². The molecule has 0 saturated carbocycles. The minimum Gasteiger partial charge on any atom is -0.724 e. The van der Waals surface area contributed by atoms with Crippen LogP contribution in [0.1, 0.15) is 181 Å². The third kappa shape index (κ3) is 29.9. The molecule has 0 spiro atoms. The monoisotopic (exact) mass is 720 g/mol. The molecule has 0 heterocycles. The van der Waals surface area contributed by atoms with Crippen molar-refractivity contribution in [1.82, 2.24) is 0 Å². The Balaban J connectivity index is 0. The molecule has 0 aromatic carbocycles. The number of aliphatic hydroxyl groups excluding tert-OH is 1. The summed E-state index contributed by atoms with van der Waals surface area (Å²) in [5.41, 5.74) is 0.709. The molecule has 0 aromatic rings. The minimum atomic E-state index is -5.34. The van der Waals surface area contributed by atoms with E-state index in [-0.39, 0.29) is 12.8 Å². The summed E-state index contributed by atoms with van der Waals surface area (Å²) in [6.45, 7) is 5.57. The van der Waals surface area contributed by atoms with Gasteiger partial charge in [-0.15, -0.1) is 4.33 Å². The van der Waals surface area contributed by atoms with Crippen LogP contribution in [0.4, 0.5) is 0 Å². The molecule has 10 nitrogen and oxygen atoms in total. The van der Waals surface area contributed by atoms with E-state index in [2.05, 4.69) is 53.1 Å². The zero-order valence-electron chi connectivity index (χ0n) is 31.5. The van der Waals surface area contributed by atoms with E-state index in [1.807, 2.05) is 0 Å². The summed E-state index contributed by atoms with van der Waals surface area (Å²) in [5.74, 6) is -1.17. The van der Waals surface area contributed by atoms with Gasteiger partial charge in [0.2, 0.25) is 10.4 Å². The van der Waals surface area contributed by atoms with Gasteiger partial charge in [-0.25, -0.2) is 13.3 Å². The number of hydrogen-bond donors (Lipinski definition) is 3. The average Bonchev–Trinajstić information content (AvgIpc) is 3.05. The largest absolute Gasteiger partial charge is 0.724 e. The molecule has 3 unspecified atom stereocenters. The third-order valence-electron chi connectivity index (χ3n) is 8.47. The smallest absolute Gasteiger partial charge is 0.245 e. The Hall–Kier alpha value is -1.47. The van der Waals surface area contributed by atoms with E-state index in [9.17, 15) is 32.8 Å². The van der Waals surface area contributed by atoms with Crippen molar-refractivity contribution in [3.05, 3.63) is 24.3 Å². The maximum absolute atomic E-state index is 13.3. The van der Waals surface area contributed by atoms with Crippen LogP contribution >= 0.6 is 0 Å². The number of unbranched alkanes of at least 4 members (excludes halogenated alkanes) is 18. The lowest BCUT2D eigenvalue weighted by molar-refractivity contribution is -0.325. The summed E-state index contributed by atoms with van der Waals surface area (Å²) in [6.07, 6.45) is 27.8. The number of allylic oxidation sites excluding steroid dienone is 4. The summed E-state index contributed by atoms with van der Waals surface area (Å²) in [6, 6.07) is 0. The summed E-state index contributed by atoms with van der Waals surface area (Å²) in [5, 5.41) is 21.7. The van der Waals surface area contributed by atoms with Crippen LogP contribution in [0.3, 0.4) is 0 Å². The van der Waals surface area contributed by atoms with Gasteiger partial charge >= 0.3 is 0 Å². The Kier molecular flexibility index (Phi) is 34.1. The number of rotatable bonds is 34. The van der Waals surface area contributed by atoms with Crippen molar-refractivity contribution in [3.63, 3.8) is 0 Å². The molecule has 49 heavy (non-hydrogen) atoms. The second-order valence-electron chi connectivity index (χ2n) is 13.1. The molecule has 0 rings (SSSR count). The van der Waals surface area contributed by atoms with Gasteiger partial charge in [0, 0.05) is 19.3 Å². The highest BCUT2D eigenvalue weighted by Gasteiger charge is 2.49. The first-order valence-corrected chi connectivity index (χ1v) is 20.6. The van der Waals surface area contributed by atoms with Crippen LogP contribution in [-0.4, -0.2) is 59.6 Å². The molecule has 3 atom stereocenters. The lowest BCUT2D eigenvalue weighted by Gasteiger charge is -2.35. The number of carbonyl (C=O) groups excluding carboxylic acids is 2. The van der Waals surface area contributed by atoms with E-state index in [0.29, 0.717) is 12.8 Å². The zero-order chi connectivity index (χ0) is 37.2. The standard InChI is InChI=1S/C37H68O9S.CH5N/c1-4-6-8-10-12-14-16-18-20-22-24-26-28-30-34(39)32-37(41,36(33(3)38)45-46-47(42,43)44)35(40)31-29-27-25-23-21-19-17-15-13-11-9-7-5-2;1-2/h14-17,33,36,38,41H,4-13,18-32H2,1-3H3,(H,42,43,44);2H2,1H3/b16-14-,17-15-;. The van der Waals surface area contributed by atoms with E-state index >= 15 is 0 Å². The van der Waals surface area contributed by atoms with Crippen molar-refractivity contribution in [2.75, 3.05) is 7.05 Å². The van der Waals surface area contributed by atoms with Gasteiger partial charge in [0.15, 0.2) is 17.5 Å². The maximum atomic E-state index is 13.3. The molecule has 0 aromatic heterocycles. The fraction of sp³-hybridized carbons (Fsp3) is 0.842. The molecular formula is C38H73NO9S. The second kappa shape index (κ2) is 33.7. The topological polar surface area (TPSA) is 178 Å². The SMILES string of the molecule is CCCCCC/C=C\CCCCCCCC(=O)CC(O)(C(=O)CCCCCCC/C=C\CCCCCC)C(OOS(=O)(=O)[O-])C(C)O.C[NH3+]. The van der Waals surface area contributed by atoms with Gasteiger partial charge in [0.1, 0.15) is 5.78 Å². The molecule has 0 saturated heterocycles. The van der Waals surface area contributed by atoms with Crippen molar-refractivity contribution >= 4 is 22.0 Å². The highest BCUT2D eigenvalue weighted by atomic mass is 32.3. The maximum Gasteiger partial charge on any atom is 0.245 e. The Labute approximate surface area is 299 Å². The number of aliphatic hydroxyl groups is 2. The van der Waals surface area contributed by atoms with Gasteiger partial charge < -0.3 is 20.5 Å². The van der Waals surface area contributed by atoms with E-state index in [1.54, 1.807) is 7.05 Å². The summed E-state index contributed by atoms with van der Waals surface area (Å²) in [7, 11) is -3.59. The molecular weight excluding hydrogens is 646 g/mol. The first-order valence-electron chi connectivity index (χ1n) is 19.2. The molecule has 0 radical (unpaired) electrons. The van der Waals surface area contributed by atoms with Gasteiger partial charge in [-0.05, 0) is 71.1 Å². The lowest BCUT2D eigenvalue weighted by atomic mass is 9.81. The number of Topliss-reactive ketones (excluding diaryl/α,β-unsaturated/α-hetero) is 2. The Bertz CT molecular complexity index is 953. The van der Waals surface area contributed by atoms with Crippen molar-refractivity contribution in [2.45, 2.75) is 199 Å². The van der Waals surface area contributed by atoms with E-state index < -0.39 is 46.2 Å². The number of carbonyl (C=O) groups is 2. The molecule has 5 N–H and O–H groups in total. The fourth-order valence-corrected chi connectivity index (χ4v) is 5.84. The average molecular weight is 720 g/mol. The van der Waals surface area contributed by atoms with Crippen LogP contribution < -0.4 is 5.73 Å². The van der Waals surface area contributed by atoms with E-state index in [1.165, 1.54) is 51.4 Å². The molecule has 0 fully saturated rings. The minimum absolute atomic E-state index is 0.0919. The van der Waals surface area contributed by atoms with Gasteiger partial charge in [-0.3, -0.25) is 9.59 Å². The third-order valence-corrected chi connectivity index (χ3v) is 8.71. The zero-order valence-corrected chi connectivity index (χ0v) is 32.3. The molecule has 11 heteroatoms. The summed E-state index contributed by atoms with van der Waals surface area (Å²) in [4.78, 5) is 30.8. The number of quaternary nitrogens is 1. The van der Waals surface area contributed by atoms with E-state index in [4.69, 9.17) is 0 Å².